The van der Waals surface area contributed by atoms with E-state index < -0.39 is 8.32 Å². The van der Waals surface area contributed by atoms with Gasteiger partial charge in [-0.25, -0.2) is 0 Å². The summed E-state index contributed by atoms with van der Waals surface area (Å²) in [6.07, 6.45) is 3.76. The van der Waals surface area contributed by atoms with Crippen LogP contribution in [-0.4, -0.2) is 20.0 Å². The molecule has 0 aromatic rings. The van der Waals surface area contributed by atoms with Gasteiger partial charge in [-0.1, -0.05) is 11.6 Å². The Morgan fingerprint density at radius 1 is 1.12 bits per heavy atom. The molecule has 94 valence electrons. The number of hydrogen-bond donors (Lipinski definition) is 1. The highest BCUT2D eigenvalue weighted by atomic mass is 28.4. The van der Waals surface area contributed by atoms with Crippen LogP contribution in [0, 0.1) is 0 Å². The summed E-state index contributed by atoms with van der Waals surface area (Å²) in [4.78, 5) is 0. The molecule has 0 fully saturated rings. The minimum atomic E-state index is -1.50. The van der Waals surface area contributed by atoms with Crippen LogP contribution in [0.15, 0.2) is 23.0 Å². The molecule has 0 rings (SSSR count). The van der Waals surface area contributed by atoms with Crippen LogP contribution in [0.4, 0.5) is 0 Å². The summed E-state index contributed by atoms with van der Waals surface area (Å²) < 4.78 is 6.06. The van der Waals surface area contributed by atoms with Gasteiger partial charge in [-0.15, -0.1) is 0 Å². The van der Waals surface area contributed by atoms with E-state index in [1.54, 1.807) is 0 Å². The third-order valence-corrected chi connectivity index (χ3v) is 3.03. The van der Waals surface area contributed by atoms with Gasteiger partial charge in [0.15, 0.2) is 0 Å². The van der Waals surface area contributed by atoms with E-state index in [0.717, 1.165) is 18.6 Å². The molecule has 0 unspecified atom stereocenters. The van der Waals surface area contributed by atoms with E-state index in [4.69, 9.17) is 9.53 Å². The predicted molar refractivity (Wildman–Crippen MR) is 72.9 cm³/mol. The standard InChI is InChI=1S/C13H26O2Si/c1-11(2)13(15-16(4,5)6)8-7-12(3)9-10-14/h9,14H,7-8,10H2,1-6H3. The molecular formula is C13H26O2Si. The van der Waals surface area contributed by atoms with Crippen molar-refractivity contribution in [2.75, 3.05) is 6.61 Å². The second kappa shape index (κ2) is 6.92. The topological polar surface area (TPSA) is 29.5 Å². The molecule has 0 aliphatic heterocycles. The maximum absolute atomic E-state index is 8.78. The number of hydrogen-bond acceptors (Lipinski definition) is 2. The number of rotatable bonds is 6. The molecule has 0 atom stereocenters. The van der Waals surface area contributed by atoms with Gasteiger partial charge in [0, 0.05) is 6.42 Å². The van der Waals surface area contributed by atoms with Crippen molar-refractivity contribution in [1.82, 2.24) is 0 Å². The first kappa shape index (κ1) is 15.5. The Morgan fingerprint density at radius 3 is 2.06 bits per heavy atom. The molecule has 0 bridgehead atoms. The zero-order valence-electron chi connectivity index (χ0n) is 11.6. The van der Waals surface area contributed by atoms with Gasteiger partial charge < -0.3 is 9.53 Å². The average Bonchev–Trinajstić information content (AvgIpc) is 2.10. The fraction of sp³-hybridized carbons (Fsp3) is 0.692. The van der Waals surface area contributed by atoms with Crippen molar-refractivity contribution < 1.29 is 9.53 Å². The van der Waals surface area contributed by atoms with Crippen LogP contribution < -0.4 is 0 Å². The molecule has 2 nitrogen and oxygen atoms in total. The predicted octanol–water partition coefficient (Wildman–Crippen LogP) is 3.85. The Hall–Kier alpha value is -0.543. The molecule has 0 aromatic heterocycles. The first-order valence-electron chi connectivity index (χ1n) is 5.88. The van der Waals surface area contributed by atoms with Gasteiger partial charge >= 0.3 is 0 Å². The zero-order chi connectivity index (χ0) is 12.8. The molecule has 0 aliphatic carbocycles. The van der Waals surface area contributed by atoms with Crippen LogP contribution in [-0.2, 0) is 4.43 Å². The normalized spacial score (nSPS) is 12.6. The van der Waals surface area contributed by atoms with Crippen LogP contribution >= 0.6 is 0 Å². The highest BCUT2D eigenvalue weighted by Crippen LogP contribution is 2.20. The van der Waals surface area contributed by atoms with Crippen molar-refractivity contribution in [2.24, 2.45) is 0 Å². The fourth-order valence-corrected chi connectivity index (χ4v) is 2.39. The van der Waals surface area contributed by atoms with Crippen LogP contribution in [0.3, 0.4) is 0 Å². The quantitative estimate of drug-likeness (QED) is 0.435. The van der Waals surface area contributed by atoms with Crippen LogP contribution in [0.2, 0.25) is 19.6 Å². The monoisotopic (exact) mass is 242 g/mol. The Bertz CT molecular complexity index is 268. The lowest BCUT2D eigenvalue weighted by atomic mass is 10.1. The summed E-state index contributed by atoms with van der Waals surface area (Å²) in [6.45, 7) is 13.0. The zero-order valence-corrected chi connectivity index (χ0v) is 12.6. The largest absolute Gasteiger partial charge is 0.547 e. The summed E-state index contributed by atoms with van der Waals surface area (Å²) in [5, 5.41) is 8.78. The molecule has 0 aliphatic rings. The molecular weight excluding hydrogens is 216 g/mol. The highest BCUT2D eigenvalue weighted by Gasteiger charge is 2.18. The van der Waals surface area contributed by atoms with Gasteiger partial charge in [-0.2, -0.15) is 0 Å². The minimum absolute atomic E-state index is 0.130. The first-order chi connectivity index (χ1) is 7.26. The third kappa shape index (κ3) is 7.71. The van der Waals surface area contributed by atoms with Gasteiger partial charge in [0.2, 0.25) is 8.32 Å². The van der Waals surface area contributed by atoms with E-state index in [1.807, 2.05) is 13.0 Å². The smallest absolute Gasteiger partial charge is 0.241 e. The maximum Gasteiger partial charge on any atom is 0.241 e. The third-order valence-electron chi connectivity index (χ3n) is 2.17. The molecule has 0 amide bonds. The Labute approximate surface area is 101 Å². The number of allylic oxidation sites excluding steroid dienone is 3. The van der Waals surface area contributed by atoms with E-state index in [-0.39, 0.29) is 6.61 Å². The lowest BCUT2D eigenvalue weighted by Gasteiger charge is -2.23. The second-order valence-corrected chi connectivity index (χ2v) is 9.80. The molecule has 0 spiro atoms. The highest BCUT2D eigenvalue weighted by molar-refractivity contribution is 6.70. The molecule has 0 heterocycles. The molecule has 16 heavy (non-hydrogen) atoms. The van der Waals surface area contributed by atoms with E-state index in [2.05, 4.69) is 33.5 Å². The molecule has 0 radical (unpaired) electrons. The maximum atomic E-state index is 8.78. The Kier molecular flexibility index (Phi) is 6.68. The first-order valence-corrected chi connectivity index (χ1v) is 9.29. The molecule has 3 heteroatoms. The summed E-state index contributed by atoms with van der Waals surface area (Å²) in [7, 11) is -1.50. The fourth-order valence-electron chi connectivity index (χ4n) is 1.34. The molecule has 1 N–H and O–H groups in total. The van der Waals surface area contributed by atoms with Gasteiger partial charge in [0.05, 0.1) is 12.4 Å². The van der Waals surface area contributed by atoms with Crippen molar-refractivity contribution in [3.05, 3.63) is 23.0 Å². The van der Waals surface area contributed by atoms with Gasteiger partial charge in [-0.3, -0.25) is 0 Å². The van der Waals surface area contributed by atoms with Crippen LogP contribution in [0.1, 0.15) is 33.6 Å². The van der Waals surface area contributed by atoms with Crippen molar-refractivity contribution in [3.8, 4) is 0 Å². The van der Waals surface area contributed by atoms with E-state index in [1.165, 1.54) is 11.1 Å². The van der Waals surface area contributed by atoms with Gasteiger partial charge in [-0.05, 0) is 52.4 Å². The number of aliphatic hydroxyl groups is 1. The van der Waals surface area contributed by atoms with Gasteiger partial charge in [0.25, 0.3) is 0 Å². The lowest BCUT2D eigenvalue weighted by Crippen LogP contribution is -2.25. The van der Waals surface area contributed by atoms with E-state index in [9.17, 15) is 0 Å². The summed E-state index contributed by atoms with van der Waals surface area (Å²) in [6, 6.07) is 0. The van der Waals surface area contributed by atoms with Crippen LogP contribution in [0.25, 0.3) is 0 Å². The lowest BCUT2D eigenvalue weighted by molar-refractivity contribution is 0.341. The van der Waals surface area contributed by atoms with Crippen molar-refractivity contribution >= 4 is 8.32 Å². The van der Waals surface area contributed by atoms with Crippen molar-refractivity contribution in [1.29, 1.82) is 0 Å². The summed E-state index contributed by atoms with van der Waals surface area (Å²) in [5.41, 5.74) is 2.49. The Balaban J connectivity index is 4.40. The van der Waals surface area contributed by atoms with Crippen LogP contribution in [0.5, 0.6) is 0 Å². The molecule has 0 saturated carbocycles. The van der Waals surface area contributed by atoms with Crippen molar-refractivity contribution in [2.45, 2.75) is 53.3 Å². The number of aliphatic hydroxyl groups excluding tert-OH is 1. The van der Waals surface area contributed by atoms with Crippen molar-refractivity contribution in [3.63, 3.8) is 0 Å². The van der Waals surface area contributed by atoms with Gasteiger partial charge in [0.1, 0.15) is 0 Å². The SMILES string of the molecule is CC(=CCO)CCC(O[Si](C)(C)C)=C(C)C. The molecule has 0 aromatic carbocycles. The Morgan fingerprint density at radius 2 is 1.69 bits per heavy atom. The van der Waals surface area contributed by atoms with E-state index in [0.29, 0.717) is 0 Å². The summed E-state index contributed by atoms with van der Waals surface area (Å²) >= 11 is 0. The molecule has 0 saturated heterocycles. The van der Waals surface area contributed by atoms with E-state index >= 15 is 0 Å². The second-order valence-electron chi connectivity index (χ2n) is 5.37. The average molecular weight is 242 g/mol. The summed E-state index contributed by atoms with van der Waals surface area (Å²) in [5.74, 6) is 1.13. The minimum Gasteiger partial charge on any atom is -0.547 e.